The highest BCUT2D eigenvalue weighted by atomic mass is 32.1. The summed E-state index contributed by atoms with van der Waals surface area (Å²) in [7, 11) is 0. The molecule has 1 atom stereocenters. The van der Waals surface area contributed by atoms with E-state index in [-0.39, 0.29) is 5.91 Å². The first kappa shape index (κ1) is 21.1. The van der Waals surface area contributed by atoms with Crippen LogP contribution in [0.2, 0.25) is 0 Å². The molecular formula is C25H27N3O2S. The summed E-state index contributed by atoms with van der Waals surface area (Å²) in [6, 6.07) is 20.1. The Kier molecular flexibility index (Phi) is 6.67. The molecule has 2 aromatic carbocycles. The summed E-state index contributed by atoms with van der Waals surface area (Å²) in [6.45, 7) is 5.98. The van der Waals surface area contributed by atoms with E-state index in [1.807, 2.05) is 53.9 Å². The Labute approximate surface area is 186 Å². The maximum absolute atomic E-state index is 12.3. The minimum atomic E-state index is -0.0775. The fraction of sp³-hybridized carbons (Fsp3) is 0.280. The average Bonchev–Trinajstić information content (AvgIpc) is 3.46. The Morgan fingerprint density at radius 1 is 1.13 bits per heavy atom. The maximum atomic E-state index is 12.3. The molecule has 0 radical (unpaired) electrons. The van der Waals surface area contributed by atoms with Gasteiger partial charge in [0.1, 0.15) is 18.2 Å². The molecule has 0 fully saturated rings. The summed E-state index contributed by atoms with van der Waals surface area (Å²) in [5.74, 6) is 2.16. The number of ether oxygens (including phenoxy) is 1. The molecule has 1 N–H and O–H groups in total. The number of para-hydroxylation sites is 2. The lowest BCUT2D eigenvalue weighted by Gasteiger charge is -2.13. The fourth-order valence-corrected chi connectivity index (χ4v) is 4.19. The van der Waals surface area contributed by atoms with Crippen molar-refractivity contribution < 1.29 is 9.53 Å². The van der Waals surface area contributed by atoms with Crippen LogP contribution in [0.5, 0.6) is 5.75 Å². The number of hydrogen-bond acceptors (Lipinski definition) is 4. The number of imidazole rings is 1. The normalized spacial score (nSPS) is 12.1. The number of rotatable bonds is 9. The van der Waals surface area contributed by atoms with Gasteiger partial charge < -0.3 is 14.6 Å². The van der Waals surface area contributed by atoms with Crippen LogP contribution in [-0.4, -0.2) is 22.1 Å². The van der Waals surface area contributed by atoms with Crippen molar-refractivity contribution in [2.45, 2.75) is 39.3 Å². The molecule has 160 valence electrons. The quantitative estimate of drug-likeness (QED) is 0.373. The first-order valence-electron chi connectivity index (χ1n) is 10.6. The first-order chi connectivity index (χ1) is 15.2. The third-order valence-electron chi connectivity index (χ3n) is 5.53. The van der Waals surface area contributed by atoms with Gasteiger partial charge in [-0.2, -0.15) is 0 Å². The van der Waals surface area contributed by atoms with Crippen LogP contribution in [0.4, 0.5) is 0 Å². The third-order valence-corrected chi connectivity index (χ3v) is 6.40. The molecule has 5 nitrogen and oxygen atoms in total. The van der Waals surface area contributed by atoms with Crippen molar-refractivity contribution in [2.75, 3.05) is 6.61 Å². The number of amides is 1. The molecule has 2 aromatic heterocycles. The van der Waals surface area contributed by atoms with E-state index in [1.165, 1.54) is 16.9 Å². The molecule has 0 saturated heterocycles. The third kappa shape index (κ3) is 4.97. The molecule has 0 aliphatic carbocycles. The lowest BCUT2D eigenvalue weighted by atomic mass is 9.99. The van der Waals surface area contributed by atoms with E-state index in [0.717, 1.165) is 29.0 Å². The van der Waals surface area contributed by atoms with Gasteiger partial charge in [0.2, 0.25) is 0 Å². The van der Waals surface area contributed by atoms with Crippen molar-refractivity contribution in [1.82, 2.24) is 14.9 Å². The minimum absolute atomic E-state index is 0.0775. The summed E-state index contributed by atoms with van der Waals surface area (Å²) < 4.78 is 8.12. The second-order valence-electron chi connectivity index (χ2n) is 7.56. The Hall–Kier alpha value is -3.12. The van der Waals surface area contributed by atoms with Gasteiger partial charge in [0.15, 0.2) is 0 Å². The molecule has 1 amide bonds. The fourth-order valence-electron chi connectivity index (χ4n) is 3.55. The van der Waals surface area contributed by atoms with Crippen molar-refractivity contribution in [1.29, 1.82) is 0 Å². The van der Waals surface area contributed by atoms with Crippen LogP contribution < -0.4 is 10.1 Å². The van der Waals surface area contributed by atoms with Crippen LogP contribution in [0.15, 0.2) is 66.0 Å². The summed E-state index contributed by atoms with van der Waals surface area (Å²) >= 11 is 1.43. The topological polar surface area (TPSA) is 56.1 Å². The van der Waals surface area contributed by atoms with Crippen LogP contribution in [0.1, 0.15) is 47.2 Å². The standard InChI is InChI=1S/C25H27N3O2S/c1-3-18(2)19-10-12-20(13-11-19)30-15-14-28-22-8-5-4-7-21(22)27-24(28)17-26-25(29)23-9-6-16-31-23/h4-13,16,18H,3,14-15,17H2,1-2H3,(H,26,29). The molecule has 6 heteroatoms. The number of nitrogens with zero attached hydrogens (tertiary/aromatic N) is 2. The van der Waals surface area contributed by atoms with Gasteiger partial charge in [-0.05, 0) is 53.6 Å². The zero-order chi connectivity index (χ0) is 21.6. The van der Waals surface area contributed by atoms with Crippen LogP contribution >= 0.6 is 11.3 Å². The lowest BCUT2D eigenvalue weighted by Crippen LogP contribution is -2.24. The predicted octanol–water partition coefficient (Wildman–Crippen LogP) is 5.62. The molecule has 0 aliphatic rings. The second-order valence-corrected chi connectivity index (χ2v) is 8.50. The van der Waals surface area contributed by atoms with Crippen molar-refractivity contribution in [2.24, 2.45) is 0 Å². The van der Waals surface area contributed by atoms with Crippen LogP contribution in [0.25, 0.3) is 11.0 Å². The van der Waals surface area contributed by atoms with E-state index >= 15 is 0 Å². The molecule has 4 aromatic rings. The molecule has 31 heavy (non-hydrogen) atoms. The summed E-state index contributed by atoms with van der Waals surface area (Å²) in [5.41, 5.74) is 3.29. The molecule has 4 rings (SSSR count). The number of thiophene rings is 1. The summed E-state index contributed by atoms with van der Waals surface area (Å²) in [6.07, 6.45) is 1.12. The van der Waals surface area contributed by atoms with Gasteiger partial charge in [0, 0.05) is 0 Å². The van der Waals surface area contributed by atoms with Gasteiger partial charge in [0.25, 0.3) is 5.91 Å². The van der Waals surface area contributed by atoms with E-state index in [2.05, 4.69) is 35.9 Å². The number of hydrogen-bond donors (Lipinski definition) is 1. The molecule has 0 spiro atoms. The number of benzene rings is 2. The predicted molar refractivity (Wildman–Crippen MR) is 126 cm³/mol. The van der Waals surface area contributed by atoms with E-state index in [1.54, 1.807) is 0 Å². The highest BCUT2D eigenvalue weighted by Crippen LogP contribution is 2.22. The van der Waals surface area contributed by atoms with E-state index in [0.29, 0.717) is 30.5 Å². The Bertz CT molecular complexity index is 1130. The molecule has 0 saturated carbocycles. The average molecular weight is 434 g/mol. The molecule has 2 heterocycles. The van der Waals surface area contributed by atoms with Gasteiger partial charge >= 0.3 is 0 Å². The van der Waals surface area contributed by atoms with Crippen LogP contribution in [0.3, 0.4) is 0 Å². The highest BCUT2D eigenvalue weighted by Gasteiger charge is 2.13. The van der Waals surface area contributed by atoms with Gasteiger partial charge in [0.05, 0.1) is 29.0 Å². The van der Waals surface area contributed by atoms with Crippen molar-refractivity contribution in [3.05, 3.63) is 82.3 Å². The Morgan fingerprint density at radius 3 is 2.68 bits per heavy atom. The minimum Gasteiger partial charge on any atom is -0.492 e. The van der Waals surface area contributed by atoms with E-state index < -0.39 is 0 Å². The highest BCUT2D eigenvalue weighted by molar-refractivity contribution is 7.12. The largest absolute Gasteiger partial charge is 0.492 e. The number of aromatic nitrogens is 2. The molecule has 0 bridgehead atoms. The van der Waals surface area contributed by atoms with Gasteiger partial charge in [-0.1, -0.05) is 44.2 Å². The van der Waals surface area contributed by atoms with Crippen molar-refractivity contribution in [3.8, 4) is 5.75 Å². The van der Waals surface area contributed by atoms with Crippen LogP contribution in [0, 0.1) is 0 Å². The first-order valence-corrected chi connectivity index (χ1v) is 11.5. The Balaban J connectivity index is 1.43. The van der Waals surface area contributed by atoms with E-state index in [4.69, 9.17) is 9.72 Å². The van der Waals surface area contributed by atoms with Crippen molar-refractivity contribution in [3.63, 3.8) is 0 Å². The van der Waals surface area contributed by atoms with Crippen molar-refractivity contribution >= 4 is 28.3 Å². The summed E-state index contributed by atoms with van der Waals surface area (Å²) in [5, 5.41) is 4.88. The van der Waals surface area contributed by atoms with Crippen LogP contribution in [-0.2, 0) is 13.1 Å². The number of nitrogens with one attached hydrogen (secondary N) is 1. The lowest BCUT2D eigenvalue weighted by molar-refractivity contribution is 0.0953. The smallest absolute Gasteiger partial charge is 0.261 e. The second kappa shape index (κ2) is 9.79. The monoisotopic (exact) mass is 433 g/mol. The van der Waals surface area contributed by atoms with Gasteiger partial charge in [-0.25, -0.2) is 4.98 Å². The zero-order valence-corrected chi connectivity index (χ0v) is 18.7. The van der Waals surface area contributed by atoms with E-state index in [9.17, 15) is 4.79 Å². The number of carbonyl (C=O) groups excluding carboxylic acids is 1. The SMILES string of the molecule is CCC(C)c1ccc(OCCn2c(CNC(=O)c3cccs3)nc3ccccc32)cc1. The number of fused-ring (bicyclic) bond motifs is 1. The zero-order valence-electron chi connectivity index (χ0n) is 17.9. The molecular weight excluding hydrogens is 406 g/mol. The summed E-state index contributed by atoms with van der Waals surface area (Å²) in [4.78, 5) is 17.8. The van der Waals surface area contributed by atoms with Gasteiger partial charge in [-0.3, -0.25) is 4.79 Å². The number of carbonyl (C=O) groups is 1. The maximum Gasteiger partial charge on any atom is 0.261 e. The molecule has 0 aliphatic heterocycles. The van der Waals surface area contributed by atoms with Gasteiger partial charge in [-0.15, -0.1) is 11.3 Å². The molecule has 1 unspecified atom stereocenters. The Morgan fingerprint density at radius 2 is 1.94 bits per heavy atom.